The number of Topliss-reactive ketones (excluding diaryl/α,β-unsaturated/α-hetero) is 1. The van der Waals surface area contributed by atoms with Crippen LogP contribution in [0.25, 0.3) is 10.9 Å². The van der Waals surface area contributed by atoms with Crippen molar-refractivity contribution in [1.29, 1.82) is 0 Å². The molecule has 0 saturated carbocycles. The monoisotopic (exact) mass is 259 g/mol. The predicted molar refractivity (Wildman–Crippen MR) is 76.9 cm³/mol. The Labute approximate surface area is 113 Å². The highest BCUT2D eigenvalue weighted by atomic mass is 16.1. The maximum Gasteiger partial charge on any atom is 0.156 e. The van der Waals surface area contributed by atoms with Gasteiger partial charge in [0.1, 0.15) is 0 Å². The van der Waals surface area contributed by atoms with Crippen LogP contribution in [0.15, 0.2) is 24.3 Å². The molecule has 0 bridgehead atoms. The Bertz CT molecular complexity index is 607. The number of carbonyl (C=O) groups excluding carboxylic acids is 1. The normalized spacial score (nSPS) is 13.7. The van der Waals surface area contributed by atoms with Crippen molar-refractivity contribution in [3.8, 4) is 0 Å². The Hall–Kier alpha value is -1.68. The first-order valence-corrected chi connectivity index (χ1v) is 6.49. The van der Waals surface area contributed by atoms with Crippen molar-refractivity contribution >= 4 is 16.7 Å². The quantitative estimate of drug-likeness (QED) is 0.917. The molecule has 2 aromatic rings. The molecule has 0 radical (unpaired) electrons. The summed E-state index contributed by atoms with van der Waals surface area (Å²) in [5.74, 6) is 0.0383. The van der Waals surface area contributed by atoms with Crippen LogP contribution >= 0.6 is 0 Å². The van der Waals surface area contributed by atoms with E-state index in [0.29, 0.717) is 6.42 Å². The van der Waals surface area contributed by atoms with Crippen LogP contribution in [0.1, 0.15) is 26.5 Å². The zero-order valence-corrected chi connectivity index (χ0v) is 12.0. The smallest absolute Gasteiger partial charge is 0.156 e. The van der Waals surface area contributed by atoms with E-state index in [9.17, 15) is 4.79 Å². The van der Waals surface area contributed by atoms with E-state index in [1.807, 2.05) is 52.1 Å². The van der Waals surface area contributed by atoms with E-state index >= 15 is 0 Å². The topological polar surface area (TPSA) is 60.9 Å². The molecule has 1 aromatic heterocycles. The fraction of sp³-hybridized carbons (Fsp3) is 0.467. The average Bonchev–Trinajstić information content (AvgIpc) is 2.65. The van der Waals surface area contributed by atoms with E-state index < -0.39 is 6.04 Å². The number of aromatic nitrogens is 2. The van der Waals surface area contributed by atoms with Gasteiger partial charge in [-0.05, 0) is 11.5 Å². The Morgan fingerprint density at radius 2 is 2.00 bits per heavy atom. The molecule has 2 N–H and O–H groups in total. The molecule has 1 atom stereocenters. The lowest BCUT2D eigenvalue weighted by atomic mass is 9.83. The number of nitrogens with zero attached hydrogens (tertiary/aromatic N) is 2. The third-order valence-electron chi connectivity index (χ3n) is 3.46. The Kier molecular flexibility index (Phi) is 3.45. The van der Waals surface area contributed by atoms with Gasteiger partial charge >= 0.3 is 0 Å². The molecular formula is C15H21N3O. The highest BCUT2D eigenvalue weighted by molar-refractivity contribution is 5.91. The van der Waals surface area contributed by atoms with Crippen LogP contribution in [0.5, 0.6) is 0 Å². The van der Waals surface area contributed by atoms with Gasteiger partial charge in [0.05, 0.1) is 23.7 Å². The highest BCUT2D eigenvalue weighted by Gasteiger charge is 2.28. The van der Waals surface area contributed by atoms with Crippen molar-refractivity contribution in [3.05, 3.63) is 30.0 Å². The number of hydrogen-bond acceptors (Lipinski definition) is 3. The van der Waals surface area contributed by atoms with Crippen LogP contribution in [0.3, 0.4) is 0 Å². The minimum absolute atomic E-state index is 0.0383. The number of benzene rings is 1. The van der Waals surface area contributed by atoms with E-state index in [-0.39, 0.29) is 11.2 Å². The van der Waals surface area contributed by atoms with E-state index in [1.54, 1.807) is 4.68 Å². The minimum atomic E-state index is -0.465. The molecule has 1 heterocycles. The Morgan fingerprint density at radius 3 is 2.63 bits per heavy atom. The molecule has 0 fully saturated rings. The molecule has 4 heteroatoms. The molecule has 0 spiro atoms. The SMILES string of the molecule is Cn1nc(CC(=O)C(N)C(C)(C)C)c2ccccc21. The van der Waals surface area contributed by atoms with E-state index in [0.717, 1.165) is 16.6 Å². The summed E-state index contributed by atoms with van der Waals surface area (Å²) in [6.07, 6.45) is 0.291. The number of hydrogen-bond donors (Lipinski definition) is 1. The third kappa shape index (κ3) is 2.68. The van der Waals surface area contributed by atoms with E-state index in [1.165, 1.54) is 0 Å². The van der Waals surface area contributed by atoms with Crippen molar-refractivity contribution in [3.63, 3.8) is 0 Å². The van der Waals surface area contributed by atoms with Gasteiger partial charge in [0.25, 0.3) is 0 Å². The first-order chi connectivity index (χ1) is 8.80. The molecule has 2 rings (SSSR count). The summed E-state index contributed by atoms with van der Waals surface area (Å²) in [5, 5.41) is 5.46. The van der Waals surface area contributed by atoms with Gasteiger partial charge in [-0.3, -0.25) is 9.48 Å². The summed E-state index contributed by atoms with van der Waals surface area (Å²) in [6.45, 7) is 5.93. The number of rotatable bonds is 3. The maximum absolute atomic E-state index is 12.2. The zero-order chi connectivity index (χ0) is 14.2. The molecule has 1 aromatic carbocycles. The average molecular weight is 259 g/mol. The van der Waals surface area contributed by atoms with Crippen LogP contribution in [0.4, 0.5) is 0 Å². The van der Waals surface area contributed by atoms with Crippen LogP contribution in [-0.4, -0.2) is 21.6 Å². The van der Waals surface area contributed by atoms with Gasteiger partial charge in [-0.1, -0.05) is 39.0 Å². The molecule has 102 valence electrons. The Balaban J connectivity index is 2.30. The van der Waals surface area contributed by atoms with Gasteiger partial charge in [-0.25, -0.2) is 0 Å². The second-order valence-electron chi connectivity index (χ2n) is 6.07. The molecule has 0 saturated heterocycles. The van der Waals surface area contributed by atoms with Crippen LogP contribution < -0.4 is 5.73 Å². The van der Waals surface area contributed by atoms with E-state index in [2.05, 4.69) is 5.10 Å². The van der Waals surface area contributed by atoms with Gasteiger partial charge in [-0.15, -0.1) is 0 Å². The van der Waals surface area contributed by atoms with Crippen molar-refractivity contribution in [2.75, 3.05) is 0 Å². The summed E-state index contributed by atoms with van der Waals surface area (Å²) in [6, 6.07) is 7.46. The van der Waals surface area contributed by atoms with Gasteiger partial charge in [-0.2, -0.15) is 5.10 Å². The first kappa shape index (κ1) is 13.7. The number of para-hydroxylation sites is 1. The lowest BCUT2D eigenvalue weighted by Crippen LogP contribution is -2.43. The van der Waals surface area contributed by atoms with Crippen molar-refractivity contribution < 1.29 is 4.79 Å². The molecule has 0 aliphatic heterocycles. The lowest BCUT2D eigenvalue weighted by Gasteiger charge is -2.25. The number of aryl methyl sites for hydroxylation is 1. The minimum Gasteiger partial charge on any atom is -0.321 e. The third-order valence-corrected chi connectivity index (χ3v) is 3.46. The number of nitrogens with two attached hydrogens (primary N) is 1. The van der Waals surface area contributed by atoms with Crippen LogP contribution in [0, 0.1) is 5.41 Å². The number of ketones is 1. The molecule has 4 nitrogen and oxygen atoms in total. The van der Waals surface area contributed by atoms with Crippen LogP contribution in [0.2, 0.25) is 0 Å². The fourth-order valence-corrected chi connectivity index (χ4v) is 2.18. The van der Waals surface area contributed by atoms with Gasteiger partial charge in [0.15, 0.2) is 5.78 Å². The maximum atomic E-state index is 12.2. The molecular weight excluding hydrogens is 238 g/mol. The van der Waals surface area contributed by atoms with Crippen molar-refractivity contribution in [2.24, 2.45) is 18.2 Å². The largest absolute Gasteiger partial charge is 0.321 e. The van der Waals surface area contributed by atoms with Gasteiger partial charge in [0.2, 0.25) is 0 Å². The predicted octanol–water partition coefficient (Wildman–Crippen LogP) is 2.06. The van der Waals surface area contributed by atoms with Gasteiger partial charge < -0.3 is 5.73 Å². The molecule has 1 unspecified atom stereocenters. The summed E-state index contributed by atoms with van der Waals surface area (Å²) < 4.78 is 1.81. The first-order valence-electron chi connectivity index (χ1n) is 6.49. The second-order valence-corrected chi connectivity index (χ2v) is 6.07. The zero-order valence-electron chi connectivity index (χ0n) is 12.0. The van der Waals surface area contributed by atoms with Crippen LogP contribution in [-0.2, 0) is 18.3 Å². The summed E-state index contributed by atoms with van der Waals surface area (Å²) in [4.78, 5) is 12.2. The molecule has 0 aliphatic carbocycles. The second kappa shape index (κ2) is 4.78. The molecule has 19 heavy (non-hydrogen) atoms. The van der Waals surface area contributed by atoms with Crippen molar-refractivity contribution in [2.45, 2.75) is 33.2 Å². The number of carbonyl (C=O) groups is 1. The van der Waals surface area contributed by atoms with Crippen molar-refractivity contribution in [1.82, 2.24) is 9.78 Å². The number of fused-ring (bicyclic) bond motifs is 1. The summed E-state index contributed by atoms with van der Waals surface area (Å²) in [5.41, 5.74) is 7.63. The Morgan fingerprint density at radius 1 is 1.37 bits per heavy atom. The van der Waals surface area contributed by atoms with E-state index in [4.69, 9.17) is 5.73 Å². The standard InChI is InChI=1S/C15H21N3O/c1-15(2,3)14(16)13(19)9-11-10-7-5-6-8-12(10)18(4)17-11/h5-8,14H,9,16H2,1-4H3. The summed E-state index contributed by atoms with van der Waals surface area (Å²) >= 11 is 0. The lowest BCUT2D eigenvalue weighted by molar-refractivity contribution is -0.121. The summed E-state index contributed by atoms with van der Waals surface area (Å²) in [7, 11) is 1.89. The molecule has 0 aliphatic rings. The van der Waals surface area contributed by atoms with Gasteiger partial charge in [0, 0.05) is 12.4 Å². The fourth-order valence-electron chi connectivity index (χ4n) is 2.18. The molecule has 0 amide bonds. The highest BCUT2D eigenvalue weighted by Crippen LogP contribution is 2.22.